The Bertz CT molecular complexity index is 277. The lowest BCUT2D eigenvalue weighted by Crippen LogP contribution is -2.19. The van der Waals surface area contributed by atoms with Crippen LogP contribution in [-0.2, 0) is 0 Å². The van der Waals surface area contributed by atoms with Crippen LogP contribution in [0.1, 0.15) is 18.5 Å². The summed E-state index contributed by atoms with van der Waals surface area (Å²) < 4.78 is 29.4. The molecule has 0 fully saturated rings. The topological polar surface area (TPSA) is 48.1 Å². The van der Waals surface area contributed by atoms with Gasteiger partial charge in [0.25, 0.3) is 6.43 Å². The lowest BCUT2D eigenvalue weighted by molar-refractivity contribution is 0.116. The summed E-state index contributed by atoms with van der Waals surface area (Å²) in [4.78, 5) is 3.84. The summed E-state index contributed by atoms with van der Waals surface area (Å²) in [5.41, 5.74) is 5.54. The van der Waals surface area contributed by atoms with Crippen molar-refractivity contribution >= 4 is 0 Å². The largest absolute Gasteiger partial charge is 0.478 e. The molecule has 1 aromatic rings. The van der Waals surface area contributed by atoms with Gasteiger partial charge in [0.2, 0.25) is 5.88 Å². The molecule has 0 spiro atoms. The minimum Gasteiger partial charge on any atom is -0.478 e. The van der Waals surface area contributed by atoms with Gasteiger partial charge in [0, 0.05) is 12.3 Å². The van der Waals surface area contributed by atoms with E-state index in [4.69, 9.17) is 10.5 Å². The van der Waals surface area contributed by atoms with Crippen molar-refractivity contribution in [1.29, 1.82) is 0 Å². The van der Waals surface area contributed by atoms with E-state index in [-0.39, 0.29) is 0 Å². The predicted molar refractivity (Wildman–Crippen MR) is 48.3 cm³/mol. The molecule has 0 amide bonds. The Morgan fingerprint density at radius 2 is 2.21 bits per heavy atom. The van der Waals surface area contributed by atoms with Crippen molar-refractivity contribution in [2.45, 2.75) is 19.4 Å². The second-order valence-electron chi connectivity index (χ2n) is 2.72. The highest BCUT2D eigenvalue weighted by Crippen LogP contribution is 2.18. The third-order valence-electron chi connectivity index (χ3n) is 1.71. The lowest BCUT2D eigenvalue weighted by Gasteiger charge is -2.10. The molecule has 0 aliphatic rings. The normalized spacial score (nSPS) is 12.9. The molecule has 0 saturated heterocycles. The monoisotopic (exact) mass is 202 g/mol. The number of nitrogens with zero attached hydrogens (tertiary/aromatic N) is 1. The van der Waals surface area contributed by atoms with Crippen molar-refractivity contribution in [3.63, 3.8) is 0 Å². The Morgan fingerprint density at radius 3 is 2.64 bits per heavy atom. The summed E-state index contributed by atoms with van der Waals surface area (Å²) >= 11 is 0. The summed E-state index contributed by atoms with van der Waals surface area (Å²) in [6, 6.07) is 1.74. The van der Waals surface area contributed by atoms with Crippen molar-refractivity contribution in [3.05, 3.63) is 23.9 Å². The maximum absolute atomic E-state index is 12.2. The summed E-state index contributed by atoms with van der Waals surface area (Å²) in [5.74, 6) is 0.415. The molecule has 1 atom stereocenters. The number of nitrogens with two attached hydrogens (primary N) is 1. The summed E-state index contributed by atoms with van der Waals surface area (Å²) in [6.07, 6.45) is -1.27. The van der Waals surface area contributed by atoms with E-state index in [0.29, 0.717) is 18.1 Å². The molecule has 0 unspecified atom stereocenters. The number of aromatic nitrogens is 1. The van der Waals surface area contributed by atoms with Crippen molar-refractivity contribution < 1.29 is 13.5 Å². The quantitative estimate of drug-likeness (QED) is 0.809. The maximum Gasteiger partial charge on any atom is 0.257 e. The molecule has 78 valence electrons. The number of pyridine rings is 1. The number of rotatable bonds is 4. The Balaban J connectivity index is 2.72. The molecule has 0 saturated carbocycles. The Morgan fingerprint density at radius 1 is 1.50 bits per heavy atom. The van der Waals surface area contributed by atoms with Crippen LogP contribution in [0.25, 0.3) is 0 Å². The number of alkyl halides is 2. The standard InChI is InChI=1S/C9H12F2N2O/c1-2-14-7-4-3-6(5-13-7)8(12)9(10)11/h3-5,8-9H,2,12H2,1H3/t8-/m0/s1. The first-order valence-corrected chi connectivity index (χ1v) is 4.27. The molecule has 1 heterocycles. The Labute approximate surface area is 80.9 Å². The van der Waals surface area contributed by atoms with Crippen molar-refractivity contribution in [2.24, 2.45) is 5.73 Å². The van der Waals surface area contributed by atoms with Gasteiger partial charge in [-0.25, -0.2) is 13.8 Å². The van der Waals surface area contributed by atoms with Gasteiger partial charge in [-0.3, -0.25) is 0 Å². The van der Waals surface area contributed by atoms with Crippen LogP contribution in [0.3, 0.4) is 0 Å². The third-order valence-corrected chi connectivity index (χ3v) is 1.71. The molecule has 14 heavy (non-hydrogen) atoms. The minimum absolute atomic E-state index is 0.309. The summed E-state index contributed by atoms with van der Waals surface area (Å²) in [6.45, 7) is 2.31. The van der Waals surface area contributed by atoms with E-state index >= 15 is 0 Å². The first kappa shape index (κ1) is 10.8. The number of hydrogen-bond donors (Lipinski definition) is 1. The first-order chi connectivity index (χ1) is 6.65. The third kappa shape index (κ3) is 2.63. The Hall–Kier alpha value is -1.23. The van der Waals surface area contributed by atoms with E-state index in [9.17, 15) is 8.78 Å². The van der Waals surface area contributed by atoms with Crippen LogP contribution in [0.4, 0.5) is 8.78 Å². The molecular weight excluding hydrogens is 190 g/mol. The van der Waals surface area contributed by atoms with Crippen LogP contribution in [0, 0.1) is 0 Å². The molecule has 0 aliphatic heterocycles. The highest BCUT2D eigenvalue weighted by Gasteiger charge is 2.17. The fourth-order valence-electron chi connectivity index (χ4n) is 0.968. The Kier molecular flexibility index (Phi) is 3.76. The molecule has 0 aliphatic carbocycles. The predicted octanol–water partition coefficient (Wildman–Crippen LogP) is 1.75. The number of halogens is 2. The van der Waals surface area contributed by atoms with Crippen LogP contribution in [0.15, 0.2) is 18.3 Å². The molecule has 5 heteroatoms. The van der Waals surface area contributed by atoms with Gasteiger partial charge >= 0.3 is 0 Å². The van der Waals surface area contributed by atoms with Gasteiger partial charge in [0.05, 0.1) is 12.6 Å². The van der Waals surface area contributed by atoms with Gasteiger partial charge in [-0.1, -0.05) is 6.07 Å². The highest BCUT2D eigenvalue weighted by molar-refractivity contribution is 5.20. The van der Waals surface area contributed by atoms with E-state index < -0.39 is 12.5 Å². The molecule has 3 nitrogen and oxygen atoms in total. The minimum atomic E-state index is -2.57. The number of hydrogen-bond acceptors (Lipinski definition) is 3. The maximum atomic E-state index is 12.2. The van der Waals surface area contributed by atoms with Gasteiger partial charge < -0.3 is 10.5 Å². The van der Waals surface area contributed by atoms with Crippen LogP contribution < -0.4 is 10.5 Å². The average molecular weight is 202 g/mol. The van der Waals surface area contributed by atoms with Gasteiger partial charge in [-0.05, 0) is 12.5 Å². The van der Waals surface area contributed by atoms with Crippen LogP contribution in [0.5, 0.6) is 5.88 Å². The SMILES string of the molecule is CCOc1ccc([C@H](N)C(F)F)cn1. The fraction of sp³-hybridized carbons (Fsp3) is 0.444. The van der Waals surface area contributed by atoms with Gasteiger partial charge in [-0.2, -0.15) is 0 Å². The molecule has 2 N–H and O–H groups in total. The lowest BCUT2D eigenvalue weighted by atomic mass is 10.1. The van der Waals surface area contributed by atoms with Crippen LogP contribution in [0.2, 0.25) is 0 Å². The van der Waals surface area contributed by atoms with E-state index in [1.165, 1.54) is 18.3 Å². The van der Waals surface area contributed by atoms with Crippen molar-refractivity contribution in [1.82, 2.24) is 4.98 Å². The van der Waals surface area contributed by atoms with Crippen molar-refractivity contribution in [3.8, 4) is 5.88 Å². The molecule has 0 aromatic carbocycles. The smallest absolute Gasteiger partial charge is 0.257 e. The molecule has 1 aromatic heterocycles. The van der Waals surface area contributed by atoms with Gasteiger partial charge in [0.15, 0.2) is 0 Å². The summed E-state index contributed by atoms with van der Waals surface area (Å²) in [5, 5.41) is 0. The second kappa shape index (κ2) is 4.85. The summed E-state index contributed by atoms with van der Waals surface area (Å²) in [7, 11) is 0. The number of ether oxygens (including phenoxy) is 1. The molecule has 0 bridgehead atoms. The highest BCUT2D eigenvalue weighted by atomic mass is 19.3. The van der Waals surface area contributed by atoms with E-state index in [1.807, 2.05) is 6.92 Å². The van der Waals surface area contributed by atoms with Gasteiger partial charge in [-0.15, -0.1) is 0 Å². The molecular formula is C9H12F2N2O. The first-order valence-electron chi connectivity index (χ1n) is 4.27. The van der Waals surface area contributed by atoms with E-state index in [1.54, 1.807) is 0 Å². The second-order valence-corrected chi connectivity index (χ2v) is 2.72. The van der Waals surface area contributed by atoms with Crippen LogP contribution >= 0.6 is 0 Å². The molecule has 1 rings (SSSR count). The zero-order chi connectivity index (χ0) is 10.6. The van der Waals surface area contributed by atoms with E-state index in [0.717, 1.165) is 0 Å². The fourth-order valence-corrected chi connectivity index (χ4v) is 0.968. The van der Waals surface area contributed by atoms with Gasteiger partial charge in [0.1, 0.15) is 0 Å². The average Bonchev–Trinajstić information content (AvgIpc) is 2.18. The zero-order valence-electron chi connectivity index (χ0n) is 7.78. The van der Waals surface area contributed by atoms with E-state index in [2.05, 4.69) is 4.98 Å². The van der Waals surface area contributed by atoms with Crippen LogP contribution in [-0.4, -0.2) is 18.0 Å². The van der Waals surface area contributed by atoms with Crippen molar-refractivity contribution in [2.75, 3.05) is 6.61 Å². The molecule has 0 radical (unpaired) electrons. The zero-order valence-corrected chi connectivity index (χ0v) is 7.78.